The number of carbonyl (C=O) groups excluding carboxylic acids is 3. The van der Waals surface area contributed by atoms with Gasteiger partial charge in [0.15, 0.2) is 11.5 Å². The van der Waals surface area contributed by atoms with Gasteiger partial charge in [0, 0.05) is 18.3 Å². The SMILES string of the molecule is CCCCCCCC(=O)CCc1ccc(OC(=O)NC(C(=O)O[C@@H]2C[C@@H]3CC[C@]2(C)C3(C)C)C(C)C)c(OC)c1. The Morgan fingerprint density at radius 3 is 2.35 bits per heavy atom. The predicted octanol–water partition coefficient (Wildman–Crippen LogP) is 7.43. The Morgan fingerprint density at radius 2 is 1.75 bits per heavy atom. The number of hydrogen-bond acceptors (Lipinski definition) is 6. The molecule has 7 nitrogen and oxygen atoms in total. The van der Waals surface area contributed by atoms with E-state index in [0.29, 0.717) is 30.9 Å². The second-order valence-electron chi connectivity index (χ2n) is 13.0. The van der Waals surface area contributed by atoms with E-state index < -0.39 is 18.1 Å². The molecule has 4 atom stereocenters. The third kappa shape index (κ3) is 7.38. The molecule has 0 aromatic heterocycles. The van der Waals surface area contributed by atoms with Gasteiger partial charge in [0.1, 0.15) is 17.9 Å². The monoisotopic (exact) mass is 557 g/mol. The Morgan fingerprint density at radius 1 is 1.02 bits per heavy atom. The fraction of sp³-hybridized carbons (Fsp3) is 0.727. The first kappa shape index (κ1) is 32.0. The predicted molar refractivity (Wildman–Crippen MR) is 157 cm³/mol. The number of hydrogen-bond donors (Lipinski definition) is 1. The first-order valence-electron chi connectivity index (χ1n) is 15.3. The van der Waals surface area contributed by atoms with Gasteiger partial charge in [-0.25, -0.2) is 9.59 Å². The molecule has 2 fully saturated rings. The van der Waals surface area contributed by atoms with Gasteiger partial charge in [-0.3, -0.25) is 4.79 Å². The molecule has 2 saturated carbocycles. The average Bonchev–Trinajstić information content (AvgIpc) is 3.24. The van der Waals surface area contributed by atoms with Gasteiger partial charge < -0.3 is 19.5 Å². The number of aryl methyl sites for hydroxylation is 1. The van der Waals surface area contributed by atoms with E-state index in [9.17, 15) is 14.4 Å². The molecule has 0 radical (unpaired) electrons. The molecule has 1 N–H and O–H groups in total. The maximum Gasteiger partial charge on any atom is 0.413 e. The molecule has 0 heterocycles. The zero-order chi connectivity index (χ0) is 29.5. The summed E-state index contributed by atoms with van der Waals surface area (Å²) >= 11 is 0. The summed E-state index contributed by atoms with van der Waals surface area (Å²) in [5.41, 5.74) is 1.01. The number of rotatable bonds is 15. The first-order valence-corrected chi connectivity index (χ1v) is 15.3. The van der Waals surface area contributed by atoms with Crippen molar-refractivity contribution in [2.24, 2.45) is 22.7 Å². The normalized spacial score (nSPS) is 23.6. The number of Topliss-reactive ketones (excluding diaryl/α,β-unsaturated/α-hetero) is 1. The highest BCUT2D eigenvalue weighted by Crippen LogP contribution is 2.66. The lowest BCUT2D eigenvalue weighted by Gasteiger charge is -2.39. The third-order valence-corrected chi connectivity index (χ3v) is 9.85. The number of methoxy groups -OCH3 is 1. The molecule has 0 spiro atoms. The molecular weight excluding hydrogens is 506 g/mol. The highest BCUT2D eigenvalue weighted by Gasteiger charge is 2.63. The summed E-state index contributed by atoms with van der Waals surface area (Å²) in [6.07, 6.45) is 9.59. The van der Waals surface area contributed by atoms with Crippen LogP contribution in [0.2, 0.25) is 0 Å². The molecule has 0 aliphatic heterocycles. The summed E-state index contributed by atoms with van der Waals surface area (Å²) in [5.74, 6) is 0.885. The van der Waals surface area contributed by atoms with Crippen LogP contribution >= 0.6 is 0 Å². The molecule has 1 aromatic rings. The number of amides is 1. The molecule has 2 aliphatic rings. The molecule has 40 heavy (non-hydrogen) atoms. The van der Waals surface area contributed by atoms with Crippen LogP contribution in [0.4, 0.5) is 4.79 Å². The van der Waals surface area contributed by atoms with Crippen LogP contribution in [0.15, 0.2) is 18.2 Å². The number of fused-ring (bicyclic) bond motifs is 2. The fourth-order valence-corrected chi connectivity index (χ4v) is 6.56. The molecule has 0 saturated heterocycles. The summed E-state index contributed by atoms with van der Waals surface area (Å²) in [5, 5.41) is 2.72. The zero-order valence-electron chi connectivity index (χ0n) is 25.8. The van der Waals surface area contributed by atoms with Crippen molar-refractivity contribution in [1.82, 2.24) is 5.32 Å². The standard InChI is InChI=1S/C33H51NO6/c1-8-9-10-11-12-13-25(35)16-14-23-15-17-26(27(20-23)38-7)39-31(37)34-29(22(2)3)30(36)40-28-21-24-18-19-33(28,6)32(24,4)5/h15,17,20,22,24,28-29H,8-14,16,18-19,21H2,1-7H3,(H,34,37)/t24-,28+,29?,33-/m0/s1. The number of carbonyl (C=O) groups is 3. The van der Waals surface area contributed by atoms with Crippen molar-refractivity contribution in [2.75, 3.05) is 7.11 Å². The third-order valence-electron chi connectivity index (χ3n) is 9.85. The van der Waals surface area contributed by atoms with Crippen LogP contribution in [-0.4, -0.2) is 37.1 Å². The van der Waals surface area contributed by atoms with Crippen molar-refractivity contribution in [1.29, 1.82) is 0 Å². The summed E-state index contributed by atoms with van der Waals surface area (Å²) in [7, 11) is 1.51. The van der Waals surface area contributed by atoms with Gasteiger partial charge in [-0.2, -0.15) is 0 Å². The van der Waals surface area contributed by atoms with E-state index in [1.54, 1.807) is 12.1 Å². The molecule has 1 amide bonds. The zero-order valence-corrected chi connectivity index (χ0v) is 25.8. The minimum absolute atomic E-state index is 0.0519. The van der Waals surface area contributed by atoms with Crippen LogP contribution < -0.4 is 14.8 Å². The van der Waals surface area contributed by atoms with Crippen LogP contribution in [0.25, 0.3) is 0 Å². The molecular formula is C33H51NO6. The Bertz CT molecular complexity index is 1030. The number of unbranched alkanes of at least 4 members (excludes halogenated alkanes) is 4. The van der Waals surface area contributed by atoms with E-state index in [1.165, 1.54) is 32.8 Å². The number of benzene rings is 1. The molecule has 1 unspecified atom stereocenters. The maximum atomic E-state index is 13.2. The Labute approximate surface area is 241 Å². The van der Waals surface area contributed by atoms with Crippen molar-refractivity contribution in [2.45, 2.75) is 124 Å². The van der Waals surface area contributed by atoms with Crippen molar-refractivity contribution < 1.29 is 28.6 Å². The van der Waals surface area contributed by atoms with E-state index in [1.807, 2.05) is 19.9 Å². The largest absolute Gasteiger partial charge is 0.493 e. The average molecular weight is 558 g/mol. The quantitative estimate of drug-likeness (QED) is 0.178. The van der Waals surface area contributed by atoms with Gasteiger partial charge in [-0.05, 0) is 67.1 Å². The van der Waals surface area contributed by atoms with Gasteiger partial charge in [-0.1, -0.05) is 73.3 Å². The highest BCUT2D eigenvalue weighted by atomic mass is 16.6. The van der Waals surface area contributed by atoms with Crippen LogP contribution in [0.1, 0.15) is 111 Å². The smallest absolute Gasteiger partial charge is 0.413 e. The number of esters is 1. The van der Waals surface area contributed by atoms with E-state index in [2.05, 4.69) is 33.0 Å². The lowest BCUT2D eigenvalue weighted by Crippen LogP contribution is -2.49. The number of ether oxygens (including phenoxy) is 3. The molecule has 1 aromatic carbocycles. The van der Waals surface area contributed by atoms with Gasteiger partial charge in [0.2, 0.25) is 0 Å². The van der Waals surface area contributed by atoms with Crippen LogP contribution in [0.5, 0.6) is 11.5 Å². The topological polar surface area (TPSA) is 90.9 Å². The summed E-state index contributed by atoms with van der Waals surface area (Å²) in [4.78, 5) is 38.4. The molecule has 2 bridgehead atoms. The first-order chi connectivity index (χ1) is 18.9. The Balaban J connectivity index is 1.53. The van der Waals surface area contributed by atoms with Gasteiger partial charge in [0.25, 0.3) is 0 Å². The van der Waals surface area contributed by atoms with E-state index >= 15 is 0 Å². The highest BCUT2D eigenvalue weighted by molar-refractivity contribution is 5.83. The van der Waals surface area contributed by atoms with E-state index in [-0.39, 0.29) is 34.4 Å². The van der Waals surface area contributed by atoms with Crippen LogP contribution in [0, 0.1) is 22.7 Å². The maximum absolute atomic E-state index is 13.2. The molecule has 3 rings (SSSR count). The molecule has 224 valence electrons. The Hall–Kier alpha value is -2.57. The Kier molecular flexibility index (Phi) is 11.1. The van der Waals surface area contributed by atoms with Gasteiger partial charge in [0.05, 0.1) is 7.11 Å². The summed E-state index contributed by atoms with van der Waals surface area (Å²) < 4.78 is 17.1. The summed E-state index contributed by atoms with van der Waals surface area (Å²) in [6, 6.07) is 4.48. The lowest BCUT2D eigenvalue weighted by atomic mass is 9.70. The van der Waals surface area contributed by atoms with Crippen LogP contribution in [0.3, 0.4) is 0 Å². The van der Waals surface area contributed by atoms with Gasteiger partial charge in [-0.15, -0.1) is 0 Å². The summed E-state index contributed by atoms with van der Waals surface area (Å²) in [6.45, 7) is 12.7. The molecule has 2 aliphatic carbocycles. The van der Waals surface area contributed by atoms with E-state index in [0.717, 1.165) is 31.2 Å². The fourth-order valence-electron chi connectivity index (χ4n) is 6.56. The van der Waals surface area contributed by atoms with Crippen molar-refractivity contribution in [3.8, 4) is 11.5 Å². The number of ketones is 1. The van der Waals surface area contributed by atoms with Gasteiger partial charge >= 0.3 is 12.1 Å². The molecule has 7 heteroatoms. The lowest BCUT2D eigenvalue weighted by molar-refractivity contribution is -0.160. The minimum Gasteiger partial charge on any atom is -0.493 e. The minimum atomic E-state index is -0.823. The van der Waals surface area contributed by atoms with E-state index in [4.69, 9.17) is 14.2 Å². The second kappa shape index (κ2) is 13.9. The van der Waals surface area contributed by atoms with Crippen molar-refractivity contribution in [3.63, 3.8) is 0 Å². The second-order valence-corrected chi connectivity index (χ2v) is 13.0. The number of nitrogens with one attached hydrogen (secondary N) is 1. The van der Waals surface area contributed by atoms with Crippen molar-refractivity contribution in [3.05, 3.63) is 23.8 Å². The van der Waals surface area contributed by atoms with Crippen LogP contribution in [-0.2, 0) is 20.7 Å². The van der Waals surface area contributed by atoms with Crippen molar-refractivity contribution >= 4 is 17.8 Å².